The summed E-state index contributed by atoms with van der Waals surface area (Å²) in [6.45, 7) is 17.7. The number of hydrogen-bond acceptors (Lipinski definition) is 22. The van der Waals surface area contributed by atoms with Gasteiger partial charge in [0.25, 0.3) is 5.91 Å². The molecular weight excluding hydrogens is 1420 g/mol. The maximum absolute atomic E-state index is 13.4. The lowest BCUT2D eigenvalue weighted by atomic mass is 9.84. The third-order valence-electron chi connectivity index (χ3n) is 23.2. The van der Waals surface area contributed by atoms with Crippen LogP contribution in [0, 0.1) is 16.2 Å². The van der Waals surface area contributed by atoms with Gasteiger partial charge in [-0.2, -0.15) is 15.0 Å². The van der Waals surface area contributed by atoms with Crippen LogP contribution in [-0.4, -0.2) is 193 Å². The van der Waals surface area contributed by atoms with Gasteiger partial charge in [0.15, 0.2) is 17.5 Å². The Morgan fingerprint density at radius 2 is 0.820 bits per heavy atom. The van der Waals surface area contributed by atoms with Gasteiger partial charge in [0.1, 0.15) is 34.3 Å². The molecule has 4 aliphatic heterocycles. The van der Waals surface area contributed by atoms with Crippen molar-refractivity contribution in [2.24, 2.45) is 16.2 Å². The molecule has 0 bridgehead atoms. The number of carboxylic acid groups (broad SMARTS) is 2. The van der Waals surface area contributed by atoms with E-state index in [4.69, 9.17) is 29.2 Å². The predicted molar refractivity (Wildman–Crippen MR) is 429 cm³/mol. The molecule has 7 N–H and O–H groups in total. The first-order chi connectivity index (χ1) is 53.1. The molecule has 4 fully saturated rings. The number of carbonyl (C=O) groups is 7. The van der Waals surface area contributed by atoms with Crippen LogP contribution in [0.25, 0.3) is 0 Å². The van der Waals surface area contributed by atoms with Gasteiger partial charge in [0, 0.05) is 90.1 Å². The lowest BCUT2D eigenvalue weighted by Crippen LogP contribution is -2.49. The van der Waals surface area contributed by atoms with Gasteiger partial charge in [0.2, 0.25) is 35.6 Å². The number of carbonyl (C=O) groups excluding carboxylic acids is 5. The highest BCUT2D eigenvalue weighted by Crippen LogP contribution is 2.46. The lowest BCUT2D eigenvalue weighted by molar-refractivity contribution is -0.127. The number of methoxy groups -OCH3 is 3. The zero-order chi connectivity index (χ0) is 79.6. The van der Waals surface area contributed by atoms with Crippen molar-refractivity contribution in [1.29, 1.82) is 0 Å². The fourth-order valence-electron chi connectivity index (χ4n) is 16.2. The zero-order valence-electron chi connectivity index (χ0n) is 66.5. The van der Waals surface area contributed by atoms with Gasteiger partial charge in [-0.1, -0.05) is 65.2 Å². The largest absolute Gasteiger partial charge is 0.495 e. The van der Waals surface area contributed by atoms with Crippen molar-refractivity contribution in [3.05, 3.63) is 89.9 Å². The molecule has 0 radical (unpaired) electrons. The Morgan fingerprint density at radius 3 is 1.17 bits per heavy atom. The molecule has 0 spiro atoms. The quantitative estimate of drug-likeness (QED) is 0.0396. The third kappa shape index (κ3) is 18.0. The number of piperidine rings is 1. The maximum Gasteiger partial charge on any atom is 0.335 e. The summed E-state index contributed by atoms with van der Waals surface area (Å²) in [5, 5.41) is 34.1. The van der Waals surface area contributed by atoms with Crippen molar-refractivity contribution in [3.8, 4) is 17.2 Å². The van der Waals surface area contributed by atoms with E-state index in [2.05, 4.69) is 70.1 Å². The standard InChI is InChI=1S/C31H44N8O4.2C25H33N5O4/c1-6-32-30(42)38-15-13-21(14-16-38)34-27(40)20-11-12-23(25(17-20)43-5)35-29-33-18-24-26(36-29)39(22-9-7-8-10-22)19-31(2,3)28(41)37(24)4;2*1-5-25(2)15-30(17-9-7-6-8-10-17)21-19(29(3)23(25)33)14-26-24(28-21)27-18-12-11-16(22(31)32)13-20(18)34-4/h11-12,17-18,21-22H,6-10,13-16,19H2,1-5H3,(H,32,42)(H,34,40)(H,33,35,36);2*11-14,17H,5-10,15H2,1-4H3,(H,31,32)(H,26,27,28)/t;2*25-/m.10/s1. The normalized spacial score (nSPS) is 20.3. The number of aromatic nitrogens is 6. The van der Waals surface area contributed by atoms with Crippen LogP contribution in [0.5, 0.6) is 17.2 Å². The fraction of sp³-hybridized carbons (Fsp3) is 0.543. The molecule has 1 saturated heterocycles. The molecular formula is C81H110N18O12. The molecule has 3 aliphatic carbocycles. The number of nitrogens with zero attached hydrogens (tertiary/aromatic N) is 13. The first-order valence-electron chi connectivity index (χ1n) is 39.1. The highest BCUT2D eigenvalue weighted by Gasteiger charge is 2.46. The van der Waals surface area contributed by atoms with E-state index >= 15 is 0 Å². The fourth-order valence-corrected chi connectivity index (χ4v) is 16.2. The van der Waals surface area contributed by atoms with Crippen LogP contribution in [0.1, 0.15) is 195 Å². The second-order valence-electron chi connectivity index (χ2n) is 31.2. The highest BCUT2D eigenvalue weighted by molar-refractivity contribution is 6.03. The van der Waals surface area contributed by atoms with E-state index in [0.29, 0.717) is 145 Å². The van der Waals surface area contributed by atoms with E-state index in [9.17, 15) is 43.8 Å². The number of aromatic carboxylic acids is 2. The molecule has 3 saturated carbocycles. The molecule has 7 heterocycles. The van der Waals surface area contributed by atoms with E-state index in [0.717, 1.165) is 68.8 Å². The summed E-state index contributed by atoms with van der Waals surface area (Å²) in [5.41, 5.74) is 2.99. The molecule has 7 aliphatic rings. The lowest BCUT2D eigenvalue weighted by Gasteiger charge is -2.38. The summed E-state index contributed by atoms with van der Waals surface area (Å²) in [6.07, 6.45) is 23.9. The average Bonchev–Trinajstić information content (AvgIpc) is 1.68. The van der Waals surface area contributed by atoms with Crippen molar-refractivity contribution in [2.75, 3.05) is 127 Å². The zero-order valence-corrected chi connectivity index (χ0v) is 66.5. The van der Waals surface area contributed by atoms with Crippen LogP contribution >= 0.6 is 0 Å². The Labute approximate surface area is 650 Å². The monoisotopic (exact) mass is 1530 g/mol. The SMILES string of the molecule is CCNC(=O)N1CCC(NC(=O)c2ccc(Nc3ncc4c(n3)N(C3CCCC3)CC(C)(C)C(=O)N4C)c(OC)c2)CC1.CC[C@@]1(C)CN(C2CCCCC2)c2nc(Nc3ccc(C(=O)O)cc3OC)ncc2N(C)C1=O.CC[C@]1(C)CN(C2CCCCC2)c2nc(Nc3ccc(C(=O)O)cc3OC)ncc2N(C)C1=O. The molecule has 6 amide bonds. The first kappa shape index (κ1) is 81.2. The van der Waals surface area contributed by atoms with E-state index in [1.807, 2.05) is 34.6 Å². The van der Waals surface area contributed by atoms with Gasteiger partial charge in [0.05, 0.1) is 84.4 Å². The average molecular weight is 1530 g/mol. The Hall–Kier alpha value is -10.8. The second-order valence-corrected chi connectivity index (χ2v) is 31.2. The van der Waals surface area contributed by atoms with Crippen molar-refractivity contribution < 1.29 is 58.0 Å². The summed E-state index contributed by atoms with van der Waals surface area (Å²) in [5.74, 6) is 2.56. The third-order valence-corrected chi connectivity index (χ3v) is 23.2. The minimum atomic E-state index is -1.03. The maximum atomic E-state index is 13.4. The van der Waals surface area contributed by atoms with Crippen LogP contribution in [0.3, 0.4) is 0 Å². The molecule has 30 nitrogen and oxygen atoms in total. The summed E-state index contributed by atoms with van der Waals surface area (Å²) in [4.78, 5) is 130. The number of urea groups is 1. The van der Waals surface area contributed by atoms with E-state index in [1.54, 1.807) is 96.8 Å². The van der Waals surface area contributed by atoms with Crippen LogP contribution in [0.15, 0.2) is 73.2 Å². The van der Waals surface area contributed by atoms with E-state index < -0.39 is 28.2 Å². The van der Waals surface area contributed by atoms with Crippen molar-refractivity contribution in [2.45, 2.75) is 188 Å². The number of rotatable bonds is 19. The van der Waals surface area contributed by atoms with Gasteiger partial charge in [-0.25, -0.2) is 29.3 Å². The Kier molecular flexibility index (Phi) is 25.6. The second kappa shape index (κ2) is 35.0. The predicted octanol–water partition coefficient (Wildman–Crippen LogP) is 12.8. The molecule has 596 valence electrons. The Morgan fingerprint density at radius 1 is 0.477 bits per heavy atom. The molecule has 13 rings (SSSR count). The number of benzene rings is 3. The van der Waals surface area contributed by atoms with Gasteiger partial charge < -0.3 is 85.3 Å². The Bertz CT molecular complexity index is 4210. The van der Waals surface area contributed by atoms with Crippen LogP contribution in [0.4, 0.5) is 74.2 Å². The van der Waals surface area contributed by atoms with Gasteiger partial charge >= 0.3 is 18.0 Å². The highest BCUT2D eigenvalue weighted by atomic mass is 16.5. The number of ether oxygens (including phenoxy) is 3. The summed E-state index contributed by atoms with van der Waals surface area (Å²) < 4.78 is 16.4. The minimum absolute atomic E-state index is 0.00671. The van der Waals surface area contributed by atoms with Gasteiger partial charge in [-0.3, -0.25) is 19.2 Å². The minimum Gasteiger partial charge on any atom is -0.495 e. The van der Waals surface area contributed by atoms with Crippen LogP contribution in [-0.2, 0) is 14.4 Å². The molecule has 3 aromatic carbocycles. The van der Waals surface area contributed by atoms with E-state index in [-0.39, 0.29) is 46.8 Å². The van der Waals surface area contributed by atoms with Crippen LogP contribution in [0.2, 0.25) is 0 Å². The van der Waals surface area contributed by atoms with Crippen molar-refractivity contribution in [3.63, 3.8) is 0 Å². The molecule has 30 heteroatoms. The number of amides is 6. The van der Waals surface area contributed by atoms with E-state index in [1.165, 1.54) is 89.9 Å². The molecule has 6 aromatic rings. The molecule has 0 unspecified atom stereocenters. The first-order valence-corrected chi connectivity index (χ1v) is 39.1. The number of fused-ring (bicyclic) bond motifs is 3. The smallest absolute Gasteiger partial charge is 0.335 e. The van der Waals surface area contributed by atoms with Crippen molar-refractivity contribution in [1.82, 2.24) is 45.4 Å². The molecule has 111 heavy (non-hydrogen) atoms. The molecule has 3 aromatic heterocycles. The van der Waals surface area contributed by atoms with Crippen LogP contribution < -0.4 is 70.2 Å². The number of likely N-dealkylation sites (tertiary alicyclic amines) is 1. The number of carboxylic acids is 2. The number of nitrogens with one attached hydrogen (secondary N) is 5. The number of hydrogen-bond donors (Lipinski definition) is 7. The Balaban J connectivity index is 0.000000167. The topological polar surface area (TPSA) is 348 Å². The molecule has 2 atom stereocenters. The van der Waals surface area contributed by atoms with Crippen molar-refractivity contribution >= 4 is 111 Å². The summed E-state index contributed by atoms with van der Waals surface area (Å²) in [7, 11) is 9.91. The summed E-state index contributed by atoms with van der Waals surface area (Å²) >= 11 is 0. The summed E-state index contributed by atoms with van der Waals surface area (Å²) in [6, 6.07) is 15.3. The van der Waals surface area contributed by atoms with Gasteiger partial charge in [-0.05, 0) is 153 Å². The number of anilines is 12. The van der Waals surface area contributed by atoms with Gasteiger partial charge in [-0.15, -0.1) is 0 Å².